The Hall–Kier alpha value is -1.06. The van der Waals surface area contributed by atoms with Crippen LogP contribution in [0.15, 0.2) is 0 Å². The third-order valence-electron chi connectivity index (χ3n) is 2.03. The number of carboxylic acid groups (broad SMARTS) is 1. The van der Waals surface area contributed by atoms with E-state index in [0.717, 1.165) is 0 Å². The Morgan fingerprint density at radius 1 is 1.55 bits per heavy atom. The number of carbonyl (C=O) groups is 2. The molecule has 1 fully saturated rings. The predicted octanol–water partition coefficient (Wildman–Crippen LogP) is 0.575. The fraction of sp³-hybridized carbons (Fsp3) is 0.714. The highest BCUT2D eigenvalue weighted by Gasteiger charge is 2.28. The maximum Gasteiger partial charge on any atom is 0.407 e. The van der Waals surface area contributed by atoms with E-state index >= 15 is 0 Å². The van der Waals surface area contributed by atoms with Gasteiger partial charge in [-0.2, -0.15) is 0 Å². The molecule has 0 aromatic carbocycles. The van der Waals surface area contributed by atoms with Gasteiger partial charge in [0.1, 0.15) is 5.78 Å². The maximum absolute atomic E-state index is 10.8. The first-order chi connectivity index (χ1) is 5.11. The number of hydrogen-bond acceptors (Lipinski definition) is 2. The molecule has 1 unspecified atom stereocenters. The first-order valence-corrected chi connectivity index (χ1v) is 3.59. The average Bonchev–Trinajstić information content (AvgIpc) is 2.33. The molecule has 11 heavy (non-hydrogen) atoms. The van der Waals surface area contributed by atoms with Gasteiger partial charge in [0.05, 0.1) is 0 Å². The standard InChI is InChI=1S/C7H11NO3/c1-5(9)6-2-3-8(4-6)7(10)11/h6H,2-4H2,1H3,(H,10,11). The molecule has 0 radical (unpaired) electrons. The molecule has 0 spiro atoms. The number of Topliss-reactive ketones (excluding diaryl/α,β-unsaturated/α-hetero) is 1. The third-order valence-corrected chi connectivity index (χ3v) is 2.03. The van der Waals surface area contributed by atoms with Crippen LogP contribution in [-0.4, -0.2) is 35.0 Å². The van der Waals surface area contributed by atoms with Crippen molar-refractivity contribution in [3.8, 4) is 0 Å². The smallest absolute Gasteiger partial charge is 0.407 e. The second-order valence-electron chi connectivity index (χ2n) is 2.82. The Labute approximate surface area is 64.8 Å². The van der Waals surface area contributed by atoms with Crippen LogP contribution in [0.2, 0.25) is 0 Å². The molecular weight excluding hydrogens is 146 g/mol. The molecule has 0 aliphatic carbocycles. The van der Waals surface area contributed by atoms with Crippen LogP contribution in [0, 0.1) is 5.92 Å². The Morgan fingerprint density at radius 3 is 2.45 bits per heavy atom. The topological polar surface area (TPSA) is 57.6 Å². The molecule has 0 aromatic rings. The zero-order valence-corrected chi connectivity index (χ0v) is 6.41. The minimum Gasteiger partial charge on any atom is -0.465 e. The summed E-state index contributed by atoms with van der Waals surface area (Å²) in [6.07, 6.45) is -0.240. The van der Waals surface area contributed by atoms with Crippen molar-refractivity contribution in [1.82, 2.24) is 4.90 Å². The highest BCUT2D eigenvalue weighted by molar-refractivity contribution is 5.79. The van der Waals surface area contributed by atoms with E-state index in [-0.39, 0.29) is 11.7 Å². The summed E-state index contributed by atoms with van der Waals surface area (Å²) >= 11 is 0. The average molecular weight is 157 g/mol. The molecule has 0 saturated carbocycles. The number of amides is 1. The summed E-state index contributed by atoms with van der Waals surface area (Å²) in [7, 11) is 0. The van der Waals surface area contributed by atoms with Gasteiger partial charge in [-0.3, -0.25) is 4.79 Å². The van der Waals surface area contributed by atoms with Crippen molar-refractivity contribution < 1.29 is 14.7 Å². The summed E-state index contributed by atoms with van der Waals surface area (Å²) < 4.78 is 0. The van der Waals surface area contributed by atoms with Crippen LogP contribution in [0.3, 0.4) is 0 Å². The van der Waals surface area contributed by atoms with Gasteiger partial charge in [0.15, 0.2) is 0 Å². The fourth-order valence-electron chi connectivity index (χ4n) is 1.27. The Balaban J connectivity index is 2.47. The lowest BCUT2D eigenvalue weighted by molar-refractivity contribution is -0.120. The van der Waals surface area contributed by atoms with Gasteiger partial charge in [-0.05, 0) is 13.3 Å². The minimum absolute atomic E-state index is 0.0638. The van der Waals surface area contributed by atoms with Gasteiger partial charge in [-0.25, -0.2) is 4.79 Å². The number of nitrogens with zero attached hydrogens (tertiary/aromatic N) is 1. The van der Waals surface area contributed by atoms with Gasteiger partial charge in [0.25, 0.3) is 0 Å². The molecule has 1 N–H and O–H groups in total. The molecule has 0 bridgehead atoms. The van der Waals surface area contributed by atoms with Gasteiger partial charge in [0.2, 0.25) is 0 Å². The highest BCUT2D eigenvalue weighted by Crippen LogP contribution is 2.16. The van der Waals surface area contributed by atoms with Gasteiger partial charge in [0, 0.05) is 19.0 Å². The van der Waals surface area contributed by atoms with E-state index in [1.807, 2.05) is 0 Å². The van der Waals surface area contributed by atoms with E-state index < -0.39 is 6.09 Å². The van der Waals surface area contributed by atoms with Gasteiger partial charge < -0.3 is 10.0 Å². The number of likely N-dealkylation sites (tertiary alicyclic amines) is 1. The summed E-state index contributed by atoms with van der Waals surface area (Å²) in [6.45, 7) is 2.39. The number of hydrogen-bond donors (Lipinski definition) is 1. The molecule has 0 aromatic heterocycles. The van der Waals surface area contributed by atoms with Crippen molar-refractivity contribution in [3.05, 3.63) is 0 Å². The molecular formula is C7H11NO3. The van der Waals surface area contributed by atoms with E-state index in [9.17, 15) is 9.59 Å². The lowest BCUT2D eigenvalue weighted by atomic mass is 10.1. The summed E-state index contributed by atoms with van der Waals surface area (Å²) in [5.74, 6) is 0.0276. The largest absolute Gasteiger partial charge is 0.465 e. The molecule has 1 saturated heterocycles. The van der Waals surface area contributed by atoms with Crippen LogP contribution in [-0.2, 0) is 4.79 Å². The third kappa shape index (κ3) is 1.69. The van der Waals surface area contributed by atoms with E-state index in [4.69, 9.17) is 5.11 Å². The summed E-state index contributed by atoms with van der Waals surface area (Å²) in [4.78, 5) is 22.5. The maximum atomic E-state index is 10.8. The molecule has 1 heterocycles. The van der Waals surface area contributed by atoms with Gasteiger partial charge in [-0.1, -0.05) is 0 Å². The zero-order valence-electron chi connectivity index (χ0n) is 6.41. The zero-order chi connectivity index (χ0) is 8.43. The number of rotatable bonds is 1. The molecule has 1 aliphatic rings. The second-order valence-corrected chi connectivity index (χ2v) is 2.82. The SMILES string of the molecule is CC(=O)C1CCN(C(=O)O)C1. The molecule has 1 amide bonds. The predicted molar refractivity (Wildman–Crippen MR) is 38.4 cm³/mol. The van der Waals surface area contributed by atoms with Crippen LogP contribution in [0.25, 0.3) is 0 Å². The van der Waals surface area contributed by atoms with Crippen molar-refractivity contribution in [1.29, 1.82) is 0 Å². The second kappa shape index (κ2) is 2.90. The summed E-state index contributed by atoms with van der Waals surface area (Å²) in [5.41, 5.74) is 0. The van der Waals surface area contributed by atoms with E-state index in [0.29, 0.717) is 19.5 Å². The molecule has 1 atom stereocenters. The van der Waals surface area contributed by atoms with Crippen molar-refractivity contribution in [2.45, 2.75) is 13.3 Å². The highest BCUT2D eigenvalue weighted by atomic mass is 16.4. The summed E-state index contributed by atoms with van der Waals surface area (Å²) in [5, 5.41) is 8.53. The van der Waals surface area contributed by atoms with Crippen LogP contribution >= 0.6 is 0 Å². The van der Waals surface area contributed by atoms with Crippen LogP contribution in [0.1, 0.15) is 13.3 Å². The quantitative estimate of drug-likeness (QED) is 0.605. The number of ketones is 1. The van der Waals surface area contributed by atoms with E-state index in [2.05, 4.69) is 0 Å². The Kier molecular flexibility index (Phi) is 2.12. The van der Waals surface area contributed by atoms with Crippen molar-refractivity contribution >= 4 is 11.9 Å². The molecule has 1 rings (SSSR count). The molecule has 62 valence electrons. The number of carbonyl (C=O) groups excluding carboxylic acids is 1. The first-order valence-electron chi connectivity index (χ1n) is 3.59. The monoisotopic (exact) mass is 157 g/mol. The van der Waals surface area contributed by atoms with Crippen LogP contribution < -0.4 is 0 Å². The first kappa shape index (κ1) is 8.04. The fourth-order valence-corrected chi connectivity index (χ4v) is 1.27. The molecule has 4 nitrogen and oxygen atoms in total. The minimum atomic E-state index is -0.922. The van der Waals surface area contributed by atoms with Crippen molar-refractivity contribution in [3.63, 3.8) is 0 Å². The van der Waals surface area contributed by atoms with Crippen molar-refractivity contribution in [2.75, 3.05) is 13.1 Å². The lowest BCUT2D eigenvalue weighted by Gasteiger charge is -2.09. The Morgan fingerprint density at radius 2 is 2.18 bits per heavy atom. The van der Waals surface area contributed by atoms with E-state index in [1.165, 1.54) is 11.8 Å². The van der Waals surface area contributed by atoms with Crippen molar-refractivity contribution in [2.24, 2.45) is 5.92 Å². The summed E-state index contributed by atoms with van der Waals surface area (Å²) in [6, 6.07) is 0. The van der Waals surface area contributed by atoms with Gasteiger partial charge >= 0.3 is 6.09 Å². The lowest BCUT2D eigenvalue weighted by Crippen LogP contribution is -2.27. The Bertz CT molecular complexity index is 170. The normalized spacial score (nSPS) is 23.7. The van der Waals surface area contributed by atoms with E-state index in [1.54, 1.807) is 0 Å². The molecule has 1 aliphatic heterocycles. The van der Waals surface area contributed by atoms with Crippen LogP contribution in [0.4, 0.5) is 4.79 Å². The van der Waals surface area contributed by atoms with Gasteiger partial charge in [-0.15, -0.1) is 0 Å². The van der Waals surface area contributed by atoms with Crippen LogP contribution in [0.5, 0.6) is 0 Å². The molecule has 4 heteroatoms.